The molecule has 2 atom stereocenters. The van der Waals surface area contributed by atoms with Crippen LogP contribution in [0, 0.1) is 0 Å². The van der Waals surface area contributed by atoms with E-state index in [0.717, 1.165) is 30.4 Å². The third-order valence-electron chi connectivity index (χ3n) is 3.97. The molecule has 0 fully saturated rings. The number of benzene rings is 2. The molecule has 0 bridgehead atoms. The van der Waals surface area contributed by atoms with Crippen LogP contribution in [0.4, 0.5) is 0 Å². The molecule has 0 amide bonds. The molecule has 2 aromatic carbocycles. The second-order valence-corrected chi connectivity index (χ2v) is 5.40. The quantitative estimate of drug-likeness (QED) is 0.838. The minimum atomic E-state index is -0.515. The van der Waals surface area contributed by atoms with Crippen molar-refractivity contribution in [2.75, 3.05) is 0 Å². The maximum atomic E-state index is 6.76. The Morgan fingerprint density at radius 1 is 0.950 bits per heavy atom. The van der Waals surface area contributed by atoms with Crippen LogP contribution in [0.25, 0.3) is 0 Å². The highest BCUT2D eigenvalue weighted by Crippen LogP contribution is 2.35. The lowest BCUT2D eigenvalue weighted by Gasteiger charge is -2.36. The first kappa shape index (κ1) is 14.8. The van der Waals surface area contributed by atoms with Gasteiger partial charge in [0.25, 0.3) is 0 Å². The largest absolute Gasteiger partial charge is 0.322 e. The van der Waals surface area contributed by atoms with Gasteiger partial charge in [-0.3, -0.25) is 0 Å². The van der Waals surface area contributed by atoms with Crippen LogP contribution in [-0.2, 0) is 5.54 Å². The number of nitrogens with two attached hydrogens (primary N) is 2. The van der Waals surface area contributed by atoms with Crippen LogP contribution in [0.1, 0.15) is 43.4 Å². The van der Waals surface area contributed by atoms with Crippen molar-refractivity contribution >= 4 is 0 Å². The predicted molar refractivity (Wildman–Crippen MR) is 85.2 cm³/mol. The second kappa shape index (κ2) is 6.69. The van der Waals surface area contributed by atoms with Gasteiger partial charge in [-0.05, 0) is 17.5 Å². The van der Waals surface area contributed by atoms with Gasteiger partial charge in [0, 0.05) is 0 Å². The lowest BCUT2D eigenvalue weighted by atomic mass is 9.77. The first-order valence-corrected chi connectivity index (χ1v) is 7.33. The van der Waals surface area contributed by atoms with Crippen molar-refractivity contribution in [2.24, 2.45) is 11.5 Å². The Kier molecular flexibility index (Phi) is 4.94. The zero-order valence-corrected chi connectivity index (χ0v) is 12.1. The average Bonchev–Trinajstić information content (AvgIpc) is 2.53. The van der Waals surface area contributed by atoms with Crippen molar-refractivity contribution < 1.29 is 0 Å². The van der Waals surface area contributed by atoms with E-state index in [4.69, 9.17) is 11.5 Å². The smallest absolute Gasteiger partial charge is 0.0605 e. The first-order valence-electron chi connectivity index (χ1n) is 7.33. The van der Waals surface area contributed by atoms with Gasteiger partial charge in [0.05, 0.1) is 11.6 Å². The molecule has 2 aromatic rings. The molecule has 0 saturated heterocycles. The van der Waals surface area contributed by atoms with Crippen LogP contribution in [0.2, 0.25) is 0 Å². The molecule has 0 spiro atoms. The molecule has 0 aliphatic heterocycles. The van der Waals surface area contributed by atoms with Gasteiger partial charge < -0.3 is 11.5 Å². The van der Waals surface area contributed by atoms with Gasteiger partial charge in [-0.15, -0.1) is 0 Å². The molecule has 0 aliphatic carbocycles. The molecule has 4 N–H and O–H groups in total. The summed E-state index contributed by atoms with van der Waals surface area (Å²) in [6, 6.07) is 20.2. The summed E-state index contributed by atoms with van der Waals surface area (Å²) in [5, 5.41) is 0. The summed E-state index contributed by atoms with van der Waals surface area (Å²) in [7, 11) is 0. The third-order valence-corrected chi connectivity index (χ3v) is 3.97. The molecule has 20 heavy (non-hydrogen) atoms. The summed E-state index contributed by atoms with van der Waals surface area (Å²) in [4.78, 5) is 0. The van der Waals surface area contributed by atoms with Gasteiger partial charge in [-0.2, -0.15) is 0 Å². The Bertz CT molecular complexity index is 509. The Morgan fingerprint density at radius 2 is 1.50 bits per heavy atom. The van der Waals surface area contributed by atoms with Crippen molar-refractivity contribution in [1.29, 1.82) is 0 Å². The minimum absolute atomic E-state index is 0.197. The predicted octanol–water partition coefficient (Wildman–Crippen LogP) is 3.73. The van der Waals surface area contributed by atoms with Crippen molar-refractivity contribution in [1.82, 2.24) is 0 Å². The molecule has 0 heterocycles. The topological polar surface area (TPSA) is 52.0 Å². The molecule has 0 aromatic heterocycles. The molecule has 2 heteroatoms. The summed E-state index contributed by atoms with van der Waals surface area (Å²) in [5.41, 5.74) is 15.0. The summed E-state index contributed by atoms with van der Waals surface area (Å²) in [6.45, 7) is 2.18. The van der Waals surface area contributed by atoms with E-state index in [-0.39, 0.29) is 6.04 Å². The van der Waals surface area contributed by atoms with Crippen LogP contribution in [0.5, 0.6) is 0 Å². The van der Waals surface area contributed by atoms with Crippen molar-refractivity contribution in [3.63, 3.8) is 0 Å². The van der Waals surface area contributed by atoms with Crippen LogP contribution < -0.4 is 11.5 Å². The van der Waals surface area contributed by atoms with E-state index in [2.05, 4.69) is 31.2 Å². The molecule has 106 valence electrons. The molecular weight excluding hydrogens is 244 g/mol. The van der Waals surface area contributed by atoms with Gasteiger partial charge in [-0.1, -0.05) is 80.4 Å². The van der Waals surface area contributed by atoms with E-state index < -0.39 is 5.54 Å². The lowest BCUT2D eigenvalue weighted by Crippen LogP contribution is -2.46. The van der Waals surface area contributed by atoms with Gasteiger partial charge >= 0.3 is 0 Å². The van der Waals surface area contributed by atoms with Gasteiger partial charge in [0.1, 0.15) is 0 Å². The van der Waals surface area contributed by atoms with E-state index in [0.29, 0.717) is 0 Å². The number of rotatable bonds is 6. The third kappa shape index (κ3) is 3.09. The zero-order valence-electron chi connectivity index (χ0n) is 12.1. The molecule has 0 radical (unpaired) electrons. The summed E-state index contributed by atoms with van der Waals surface area (Å²) in [6.07, 6.45) is 3.09. The lowest BCUT2D eigenvalue weighted by molar-refractivity contribution is 0.323. The number of hydrogen-bond acceptors (Lipinski definition) is 2. The summed E-state index contributed by atoms with van der Waals surface area (Å²) >= 11 is 0. The van der Waals surface area contributed by atoms with E-state index in [1.807, 2.05) is 36.4 Å². The average molecular weight is 268 g/mol. The first-order chi connectivity index (χ1) is 9.68. The van der Waals surface area contributed by atoms with Gasteiger partial charge in [0.15, 0.2) is 0 Å². The Labute approximate surface area is 121 Å². The molecule has 2 nitrogen and oxygen atoms in total. The Hall–Kier alpha value is -1.64. The minimum Gasteiger partial charge on any atom is -0.322 e. The highest BCUT2D eigenvalue weighted by molar-refractivity contribution is 5.31. The Balaban J connectivity index is 2.36. The maximum Gasteiger partial charge on any atom is 0.0605 e. The fourth-order valence-electron chi connectivity index (χ4n) is 2.65. The standard InChI is InChI=1S/C18H24N2/c1-2-3-14-18(20,16-12-8-5-9-13-16)17(19)15-10-6-4-7-11-15/h4-13,17H,2-3,14,19-20H2,1H3/t17-,18+/m0/s1. The van der Waals surface area contributed by atoms with Gasteiger partial charge in [-0.25, -0.2) is 0 Å². The van der Waals surface area contributed by atoms with E-state index in [9.17, 15) is 0 Å². The van der Waals surface area contributed by atoms with E-state index in [1.165, 1.54) is 0 Å². The second-order valence-electron chi connectivity index (χ2n) is 5.40. The van der Waals surface area contributed by atoms with Crippen molar-refractivity contribution in [3.05, 3.63) is 71.8 Å². The molecular formula is C18H24N2. The highest BCUT2D eigenvalue weighted by Gasteiger charge is 2.34. The van der Waals surface area contributed by atoms with Crippen LogP contribution in [0.3, 0.4) is 0 Å². The summed E-state index contributed by atoms with van der Waals surface area (Å²) < 4.78 is 0. The number of hydrogen-bond donors (Lipinski definition) is 2. The fraction of sp³-hybridized carbons (Fsp3) is 0.333. The normalized spacial score (nSPS) is 15.6. The SMILES string of the molecule is CCCC[C@@](N)(c1ccccc1)[C@@H](N)c1ccccc1. The van der Waals surface area contributed by atoms with Gasteiger partial charge in [0.2, 0.25) is 0 Å². The van der Waals surface area contributed by atoms with Crippen LogP contribution in [0.15, 0.2) is 60.7 Å². The molecule has 0 aliphatic rings. The molecule has 0 saturated carbocycles. The number of unbranched alkanes of at least 4 members (excludes halogenated alkanes) is 1. The van der Waals surface area contributed by atoms with Crippen LogP contribution in [-0.4, -0.2) is 0 Å². The van der Waals surface area contributed by atoms with E-state index in [1.54, 1.807) is 0 Å². The zero-order chi connectivity index (χ0) is 14.4. The fourth-order valence-corrected chi connectivity index (χ4v) is 2.65. The summed E-state index contributed by atoms with van der Waals surface area (Å²) in [5.74, 6) is 0. The van der Waals surface area contributed by atoms with Crippen LogP contribution >= 0.6 is 0 Å². The van der Waals surface area contributed by atoms with E-state index >= 15 is 0 Å². The van der Waals surface area contributed by atoms with Crippen molar-refractivity contribution in [2.45, 2.75) is 37.8 Å². The monoisotopic (exact) mass is 268 g/mol. The van der Waals surface area contributed by atoms with Crippen molar-refractivity contribution in [3.8, 4) is 0 Å². The highest BCUT2D eigenvalue weighted by atomic mass is 14.9. The Morgan fingerprint density at radius 3 is 2.05 bits per heavy atom. The molecule has 0 unspecified atom stereocenters. The molecule has 2 rings (SSSR count). The maximum absolute atomic E-state index is 6.76.